The van der Waals surface area contributed by atoms with E-state index in [9.17, 15) is 17.4 Å². The van der Waals surface area contributed by atoms with Crippen molar-refractivity contribution >= 4 is 25.8 Å². The molecule has 0 spiro atoms. The van der Waals surface area contributed by atoms with Gasteiger partial charge in [0.15, 0.2) is 0 Å². The third kappa shape index (κ3) is 10.1. The van der Waals surface area contributed by atoms with Gasteiger partial charge in [-0.3, -0.25) is 9.57 Å². The summed E-state index contributed by atoms with van der Waals surface area (Å²) in [6.45, 7) is 5.94. The molecular formula is C10H24N4O4S2. The number of carbonyl (C=O) groups excluding carboxylic acids is 1. The van der Waals surface area contributed by atoms with Crippen LogP contribution in [0.15, 0.2) is 0 Å². The molecule has 0 aromatic heterocycles. The van der Waals surface area contributed by atoms with Crippen LogP contribution in [0.3, 0.4) is 0 Å². The zero-order valence-corrected chi connectivity index (χ0v) is 13.6. The van der Waals surface area contributed by atoms with Crippen LogP contribution in [0.25, 0.3) is 0 Å². The van der Waals surface area contributed by atoms with E-state index in [1.165, 1.54) is 0 Å². The van der Waals surface area contributed by atoms with Gasteiger partial charge in [-0.1, -0.05) is 20.8 Å². The molecule has 1 unspecified atom stereocenters. The summed E-state index contributed by atoms with van der Waals surface area (Å²) in [5, 5.41) is 4.64. The third-order valence-electron chi connectivity index (χ3n) is 2.52. The number of hydrogen-bond acceptors (Lipinski definition) is 6. The summed E-state index contributed by atoms with van der Waals surface area (Å²) in [6.07, 6.45) is 0.585. The highest BCUT2D eigenvalue weighted by Gasteiger charge is 2.20. The van der Waals surface area contributed by atoms with Gasteiger partial charge in [0, 0.05) is 21.2 Å². The van der Waals surface area contributed by atoms with E-state index in [4.69, 9.17) is 10.5 Å². The number of carbonyl (C=O) groups is 1. The van der Waals surface area contributed by atoms with Crippen molar-refractivity contribution in [2.75, 3.05) is 11.5 Å². The Morgan fingerprint density at radius 3 is 2.15 bits per heavy atom. The lowest BCUT2D eigenvalue weighted by atomic mass is 9.94. The van der Waals surface area contributed by atoms with Crippen molar-refractivity contribution in [1.29, 1.82) is 4.78 Å². The molecule has 0 radical (unpaired) electrons. The lowest BCUT2D eigenvalue weighted by molar-refractivity contribution is -0.120. The monoisotopic (exact) mass is 328 g/mol. The molecule has 0 bridgehead atoms. The molecule has 20 heavy (non-hydrogen) atoms. The van der Waals surface area contributed by atoms with Crippen LogP contribution in [0.4, 0.5) is 0 Å². The van der Waals surface area contributed by atoms with Crippen LogP contribution in [0, 0.1) is 10.2 Å². The molecule has 0 saturated heterocycles. The highest BCUT2D eigenvalue weighted by Crippen LogP contribution is 2.19. The second-order valence-corrected chi connectivity index (χ2v) is 9.67. The van der Waals surface area contributed by atoms with Gasteiger partial charge in [0.25, 0.3) is 16.1 Å². The second kappa shape index (κ2) is 6.83. The zero-order valence-electron chi connectivity index (χ0n) is 12.0. The van der Waals surface area contributed by atoms with E-state index in [1.807, 2.05) is 20.8 Å². The molecule has 0 rings (SSSR count). The van der Waals surface area contributed by atoms with E-state index < -0.39 is 31.9 Å². The van der Waals surface area contributed by atoms with E-state index in [-0.39, 0.29) is 23.3 Å². The van der Waals surface area contributed by atoms with Gasteiger partial charge >= 0.3 is 0 Å². The number of amides is 1. The first kappa shape index (κ1) is 19.3. The quantitative estimate of drug-likeness (QED) is 0.496. The average molecular weight is 328 g/mol. The Kier molecular flexibility index (Phi) is 6.59. The number of nitrogens with two attached hydrogens (primary N) is 2. The van der Waals surface area contributed by atoms with Crippen molar-refractivity contribution in [3.63, 3.8) is 0 Å². The van der Waals surface area contributed by atoms with E-state index in [2.05, 4.69) is 5.14 Å². The summed E-state index contributed by atoms with van der Waals surface area (Å²) in [5.74, 6) is -0.791. The molecule has 0 aromatic rings. The topological polar surface area (TPSA) is 156 Å². The third-order valence-corrected chi connectivity index (χ3v) is 4.76. The Labute approximate surface area is 120 Å². The highest BCUT2D eigenvalue weighted by atomic mass is 32.2. The first-order valence-corrected chi connectivity index (χ1v) is 9.50. The maximum Gasteiger partial charge on any atom is 0.298 e. The molecule has 8 nitrogen and oxygen atoms in total. The molecule has 0 aliphatic heterocycles. The fourth-order valence-electron chi connectivity index (χ4n) is 1.24. The summed E-state index contributed by atoms with van der Waals surface area (Å²) in [5.41, 5.74) is 5.44. The Hall–Kier alpha value is -0.710. The first-order valence-electron chi connectivity index (χ1n) is 6.06. The summed E-state index contributed by atoms with van der Waals surface area (Å²) < 4.78 is 42.6. The maximum absolute atomic E-state index is 12.0. The van der Waals surface area contributed by atoms with Crippen LogP contribution in [-0.4, -0.2) is 36.1 Å². The smallest absolute Gasteiger partial charge is 0.298 e. The molecule has 2 atom stereocenters. The van der Waals surface area contributed by atoms with Gasteiger partial charge in [-0.2, -0.15) is 8.42 Å². The van der Waals surface area contributed by atoms with Crippen molar-refractivity contribution in [1.82, 2.24) is 4.72 Å². The van der Waals surface area contributed by atoms with Gasteiger partial charge in [-0.15, -0.1) is 0 Å². The van der Waals surface area contributed by atoms with Gasteiger partial charge < -0.3 is 5.73 Å². The number of nitrogens with one attached hydrogen (secondary N) is 2. The molecule has 1 amide bonds. The standard InChI is InChI=1S/C10H24N4O4S2/c1-10(2,3)5-7-19(12,16)6-4-8(11)9(15)14-20(13,17)18/h8,12H,4-7,11H2,1-3H3,(H,14,15)(H2,13,17,18)/t8-,19?/m0/s1. The summed E-state index contributed by atoms with van der Waals surface area (Å²) in [4.78, 5) is 11.3. The van der Waals surface area contributed by atoms with Crippen molar-refractivity contribution < 1.29 is 17.4 Å². The average Bonchev–Trinajstić information content (AvgIpc) is 2.20. The Morgan fingerprint density at radius 2 is 1.75 bits per heavy atom. The van der Waals surface area contributed by atoms with Gasteiger partial charge in [-0.25, -0.2) is 14.1 Å². The molecule has 0 fully saturated rings. The molecule has 10 heteroatoms. The van der Waals surface area contributed by atoms with Crippen molar-refractivity contribution in [3.05, 3.63) is 0 Å². The zero-order chi connectivity index (χ0) is 16.2. The fourth-order valence-corrected chi connectivity index (χ4v) is 3.45. The van der Waals surface area contributed by atoms with E-state index >= 15 is 0 Å². The molecule has 0 aliphatic carbocycles. The minimum Gasteiger partial charge on any atom is -0.320 e. The van der Waals surface area contributed by atoms with Crippen LogP contribution in [-0.2, 0) is 24.7 Å². The Bertz CT molecular complexity index is 534. The van der Waals surface area contributed by atoms with Crippen LogP contribution in [0.1, 0.15) is 33.6 Å². The normalized spacial score (nSPS) is 17.2. The van der Waals surface area contributed by atoms with Gasteiger partial charge in [-0.05, 0) is 18.3 Å². The van der Waals surface area contributed by atoms with Gasteiger partial charge in [0.1, 0.15) is 0 Å². The van der Waals surface area contributed by atoms with Crippen molar-refractivity contribution in [3.8, 4) is 0 Å². The van der Waals surface area contributed by atoms with Gasteiger partial charge in [0.2, 0.25) is 0 Å². The molecule has 0 aliphatic rings. The van der Waals surface area contributed by atoms with Crippen molar-refractivity contribution in [2.45, 2.75) is 39.7 Å². The summed E-state index contributed by atoms with van der Waals surface area (Å²) >= 11 is 0. The molecule has 120 valence electrons. The van der Waals surface area contributed by atoms with Crippen LogP contribution in [0.2, 0.25) is 0 Å². The fraction of sp³-hybridized carbons (Fsp3) is 0.900. The van der Waals surface area contributed by atoms with Crippen LogP contribution >= 0.6 is 0 Å². The molecular weight excluding hydrogens is 304 g/mol. The van der Waals surface area contributed by atoms with Crippen LogP contribution in [0.5, 0.6) is 0 Å². The molecule has 6 N–H and O–H groups in total. The molecule has 0 aromatic carbocycles. The minimum absolute atomic E-state index is 0.0309. The number of rotatable bonds is 7. The summed E-state index contributed by atoms with van der Waals surface area (Å²) in [7, 11) is -6.98. The van der Waals surface area contributed by atoms with E-state index in [1.54, 1.807) is 4.72 Å². The minimum atomic E-state index is -4.15. The maximum atomic E-state index is 12.0. The van der Waals surface area contributed by atoms with E-state index in [0.29, 0.717) is 6.42 Å². The molecule has 0 heterocycles. The highest BCUT2D eigenvalue weighted by molar-refractivity contribution is 7.92. The largest absolute Gasteiger partial charge is 0.320 e. The van der Waals surface area contributed by atoms with Gasteiger partial charge in [0.05, 0.1) is 6.04 Å². The Morgan fingerprint density at radius 1 is 1.25 bits per heavy atom. The lowest BCUT2D eigenvalue weighted by Crippen LogP contribution is -2.46. The number of hydrogen-bond donors (Lipinski definition) is 4. The van der Waals surface area contributed by atoms with Crippen LogP contribution < -0.4 is 15.6 Å². The first-order chi connectivity index (χ1) is 8.72. The molecule has 0 saturated carbocycles. The predicted octanol–water partition coefficient (Wildman–Crippen LogP) is -0.494. The van der Waals surface area contributed by atoms with E-state index in [0.717, 1.165) is 0 Å². The van der Waals surface area contributed by atoms with Crippen molar-refractivity contribution in [2.24, 2.45) is 16.3 Å². The Balaban J connectivity index is 4.37. The predicted molar refractivity (Wildman–Crippen MR) is 78.5 cm³/mol. The summed E-state index contributed by atoms with van der Waals surface area (Å²) in [6, 6.07) is -1.16. The second-order valence-electron chi connectivity index (χ2n) is 5.94. The lowest BCUT2D eigenvalue weighted by Gasteiger charge is -2.19. The SMILES string of the molecule is CC(C)(C)CCS(=N)(=O)CC[C@H](N)C(=O)NS(N)(=O)=O.